The van der Waals surface area contributed by atoms with Crippen molar-refractivity contribution in [3.8, 4) is 0 Å². The molecule has 1 aliphatic rings. The number of rotatable bonds is 7. The summed E-state index contributed by atoms with van der Waals surface area (Å²) in [5, 5.41) is 3.87. The summed E-state index contributed by atoms with van der Waals surface area (Å²) >= 11 is 1.49. The number of nitrogens with zero attached hydrogens (tertiary/aromatic N) is 1. The molecule has 0 aromatic carbocycles. The minimum Gasteiger partial charge on any atom is -0.440 e. The van der Waals surface area contributed by atoms with E-state index in [-0.39, 0.29) is 11.9 Å². The van der Waals surface area contributed by atoms with Crippen molar-refractivity contribution in [1.82, 2.24) is 10.3 Å². The van der Waals surface area contributed by atoms with Gasteiger partial charge in [-0.1, -0.05) is 11.8 Å². The van der Waals surface area contributed by atoms with Gasteiger partial charge in [0.15, 0.2) is 0 Å². The van der Waals surface area contributed by atoms with Gasteiger partial charge in [-0.25, -0.2) is 4.98 Å². The first-order chi connectivity index (χ1) is 7.75. The Labute approximate surface area is 98.2 Å². The van der Waals surface area contributed by atoms with Crippen molar-refractivity contribution in [3.63, 3.8) is 0 Å². The zero-order chi connectivity index (χ0) is 11.4. The molecule has 88 valence electrons. The average Bonchev–Trinajstić information content (AvgIpc) is 2.91. The Morgan fingerprint density at radius 3 is 3.12 bits per heavy atom. The van der Waals surface area contributed by atoms with Gasteiger partial charge in [0.25, 0.3) is 5.22 Å². The first kappa shape index (κ1) is 11.5. The van der Waals surface area contributed by atoms with Crippen molar-refractivity contribution in [2.45, 2.75) is 36.6 Å². The summed E-state index contributed by atoms with van der Waals surface area (Å²) in [4.78, 5) is 15.2. The van der Waals surface area contributed by atoms with Crippen LogP contribution in [0.1, 0.15) is 19.3 Å². The SMILES string of the molecule is NC(=O)C(CCSc1ncco1)NC1CC1. The van der Waals surface area contributed by atoms with Gasteiger partial charge < -0.3 is 15.5 Å². The molecule has 1 amide bonds. The van der Waals surface area contributed by atoms with Crippen molar-refractivity contribution < 1.29 is 9.21 Å². The first-order valence-electron chi connectivity index (χ1n) is 5.33. The van der Waals surface area contributed by atoms with Crippen molar-refractivity contribution >= 4 is 17.7 Å². The van der Waals surface area contributed by atoms with Crippen LogP contribution in [0.25, 0.3) is 0 Å². The van der Waals surface area contributed by atoms with E-state index in [9.17, 15) is 4.79 Å². The van der Waals surface area contributed by atoms with Gasteiger partial charge in [-0.05, 0) is 19.3 Å². The van der Waals surface area contributed by atoms with Gasteiger partial charge in [0.1, 0.15) is 6.26 Å². The van der Waals surface area contributed by atoms with E-state index in [1.54, 1.807) is 6.20 Å². The van der Waals surface area contributed by atoms with E-state index in [1.807, 2.05) is 0 Å². The molecule has 2 rings (SSSR count). The van der Waals surface area contributed by atoms with Crippen molar-refractivity contribution in [1.29, 1.82) is 0 Å². The van der Waals surface area contributed by atoms with Gasteiger partial charge in [-0.15, -0.1) is 0 Å². The van der Waals surface area contributed by atoms with Crippen LogP contribution in [0.4, 0.5) is 0 Å². The second kappa shape index (κ2) is 5.36. The molecule has 0 radical (unpaired) electrons. The van der Waals surface area contributed by atoms with Gasteiger partial charge in [-0.2, -0.15) is 0 Å². The summed E-state index contributed by atoms with van der Waals surface area (Å²) in [6, 6.07) is 0.263. The number of thioether (sulfide) groups is 1. The Morgan fingerprint density at radius 1 is 1.75 bits per heavy atom. The number of nitrogens with one attached hydrogen (secondary N) is 1. The third-order valence-electron chi connectivity index (χ3n) is 2.40. The lowest BCUT2D eigenvalue weighted by atomic mass is 10.2. The second-order valence-corrected chi connectivity index (χ2v) is 4.88. The van der Waals surface area contributed by atoms with Gasteiger partial charge in [0.05, 0.1) is 12.2 Å². The highest BCUT2D eigenvalue weighted by molar-refractivity contribution is 7.99. The molecule has 16 heavy (non-hydrogen) atoms. The predicted octanol–water partition coefficient (Wildman–Crippen LogP) is 0.763. The Bertz CT molecular complexity index is 338. The number of aromatic nitrogens is 1. The smallest absolute Gasteiger partial charge is 0.255 e. The molecule has 0 aliphatic heterocycles. The van der Waals surface area contributed by atoms with Crippen LogP contribution in [0, 0.1) is 0 Å². The van der Waals surface area contributed by atoms with E-state index < -0.39 is 0 Å². The summed E-state index contributed by atoms with van der Waals surface area (Å²) < 4.78 is 5.08. The molecule has 1 aromatic heterocycles. The van der Waals surface area contributed by atoms with Gasteiger partial charge in [0, 0.05) is 11.8 Å². The number of hydrogen-bond acceptors (Lipinski definition) is 5. The first-order valence-corrected chi connectivity index (χ1v) is 6.32. The molecule has 6 heteroatoms. The molecule has 1 heterocycles. The fourth-order valence-electron chi connectivity index (χ4n) is 1.39. The fourth-order valence-corrected chi connectivity index (χ4v) is 2.18. The minimum absolute atomic E-state index is 0.227. The molecule has 0 spiro atoms. The summed E-state index contributed by atoms with van der Waals surface area (Å²) in [6.07, 6.45) is 6.15. The summed E-state index contributed by atoms with van der Waals surface area (Å²) in [7, 11) is 0. The second-order valence-electron chi connectivity index (χ2n) is 3.83. The Morgan fingerprint density at radius 2 is 2.56 bits per heavy atom. The van der Waals surface area contributed by atoms with Crippen LogP contribution in [-0.2, 0) is 4.79 Å². The average molecular weight is 241 g/mol. The number of nitrogens with two attached hydrogens (primary N) is 1. The standard InChI is InChI=1S/C10H15N3O2S/c11-9(14)8(13-7-1-2-7)3-6-16-10-12-4-5-15-10/h4-5,7-8,13H,1-3,6H2,(H2,11,14). The van der Waals surface area contributed by atoms with E-state index in [0.717, 1.165) is 18.6 Å². The maximum atomic E-state index is 11.2. The van der Waals surface area contributed by atoms with Gasteiger partial charge >= 0.3 is 0 Å². The summed E-state index contributed by atoms with van der Waals surface area (Å²) in [5.74, 6) is 0.494. The number of carbonyl (C=O) groups excluding carboxylic acids is 1. The largest absolute Gasteiger partial charge is 0.440 e. The van der Waals surface area contributed by atoms with Gasteiger partial charge in [-0.3, -0.25) is 4.79 Å². The van der Waals surface area contributed by atoms with E-state index in [2.05, 4.69) is 10.3 Å². The molecular weight excluding hydrogens is 226 g/mol. The Kier molecular flexibility index (Phi) is 3.84. The summed E-state index contributed by atoms with van der Waals surface area (Å²) in [6.45, 7) is 0. The quantitative estimate of drug-likeness (QED) is 0.689. The van der Waals surface area contributed by atoms with E-state index in [0.29, 0.717) is 17.7 Å². The van der Waals surface area contributed by atoms with Crippen LogP contribution in [-0.4, -0.2) is 28.7 Å². The summed E-state index contributed by atoms with van der Waals surface area (Å²) in [5.41, 5.74) is 5.32. The van der Waals surface area contributed by atoms with Crippen LogP contribution in [0.3, 0.4) is 0 Å². The molecule has 1 saturated carbocycles. The molecule has 1 atom stereocenters. The van der Waals surface area contributed by atoms with Crippen molar-refractivity contribution in [3.05, 3.63) is 12.5 Å². The number of hydrogen-bond donors (Lipinski definition) is 2. The fraction of sp³-hybridized carbons (Fsp3) is 0.600. The lowest BCUT2D eigenvalue weighted by Crippen LogP contribution is -2.42. The maximum Gasteiger partial charge on any atom is 0.255 e. The number of amides is 1. The zero-order valence-corrected chi connectivity index (χ0v) is 9.70. The maximum absolute atomic E-state index is 11.2. The predicted molar refractivity (Wildman–Crippen MR) is 61.0 cm³/mol. The van der Waals surface area contributed by atoms with E-state index in [4.69, 9.17) is 10.2 Å². The topological polar surface area (TPSA) is 81.2 Å². The Balaban J connectivity index is 1.70. The molecule has 0 bridgehead atoms. The monoisotopic (exact) mass is 241 g/mol. The normalized spacial score (nSPS) is 17.2. The highest BCUT2D eigenvalue weighted by atomic mass is 32.2. The van der Waals surface area contributed by atoms with E-state index in [1.165, 1.54) is 18.0 Å². The molecule has 1 unspecified atom stereocenters. The van der Waals surface area contributed by atoms with Gasteiger partial charge in [0.2, 0.25) is 5.91 Å². The van der Waals surface area contributed by atoms with Crippen LogP contribution in [0.2, 0.25) is 0 Å². The third kappa shape index (κ3) is 3.53. The lowest BCUT2D eigenvalue weighted by Gasteiger charge is -2.13. The highest BCUT2D eigenvalue weighted by Gasteiger charge is 2.26. The number of oxazole rings is 1. The van der Waals surface area contributed by atoms with Crippen molar-refractivity contribution in [2.24, 2.45) is 5.73 Å². The molecular formula is C10H15N3O2S. The Hall–Kier alpha value is -1.01. The molecule has 0 saturated heterocycles. The molecule has 1 aliphatic carbocycles. The van der Waals surface area contributed by atoms with Crippen LogP contribution in [0.15, 0.2) is 22.1 Å². The van der Waals surface area contributed by atoms with Crippen LogP contribution >= 0.6 is 11.8 Å². The van der Waals surface area contributed by atoms with Crippen LogP contribution < -0.4 is 11.1 Å². The molecule has 1 fully saturated rings. The minimum atomic E-state index is -0.278. The van der Waals surface area contributed by atoms with E-state index >= 15 is 0 Å². The third-order valence-corrected chi connectivity index (χ3v) is 3.29. The van der Waals surface area contributed by atoms with Crippen molar-refractivity contribution in [2.75, 3.05) is 5.75 Å². The number of primary amides is 1. The van der Waals surface area contributed by atoms with Crippen LogP contribution in [0.5, 0.6) is 0 Å². The molecule has 1 aromatic rings. The molecule has 3 N–H and O–H groups in total. The lowest BCUT2D eigenvalue weighted by molar-refractivity contribution is -0.120. The zero-order valence-electron chi connectivity index (χ0n) is 8.89. The number of carbonyl (C=O) groups is 1. The highest BCUT2D eigenvalue weighted by Crippen LogP contribution is 2.21. The molecule has 5 nitrogen and oxygen atoms in total.